The van der Waals surface area contributed by atoms with Gasteiger partial charge in [-0.15, -0.1) is 18.3 Å². The fourth-order valence-electron chi connectivity index (χ4n) is 4.66. The molecule has 8 nitrogen and oxygen atoms in total. The Morgan fingerprint density at radius 1 is 1.24 bits per heavy atom. The molecule has 2 heterocycles. The first-order chi connectivity index (χ1) is 15.7. The van der Waals surface area contributed by atoms with Crippen molar-refractivity contribution in [2.24, 2.45) is 11.3 Å². The molecule has 0 unspecified atom stereocenters. The third kappa shape index (κ3) is 7.26. The minimum absolute atomic E-state index is 0.0533. The number of rotatable bonds is 10. The van der Waals surface area contributed by atoms with Crippen LogP contribution in [0.3, 0.4) is 0 Å². The highest BCUT2D eigenvalue weighted by atomic mass is 19.4. The topological polar surface area (TPSA) is 105 Å². The van der Waals surface area contributed by atoms with Crippen molar-refractivity contribution in [1.82, 2.24) is 15.5 Å². The molecule has 3 rings (SSSR count). The lowest BCUT2D eigenvalue weighted by Crippen LogP contribution is -2.52. The summed E-state index contributed by atoms with van der Waals surface area (Å²) in [5.74, 6) is -2.58. The molecule has 3 aliphatic rings. The first kappa shape index (κ1) is 26.6. The predicted molar refractivity (Wildman–Crippen MR) is 124 cm³/mol. The molecule has 0 aromatic rings. The minimum Gasteiger partial charge on any atom is -0.356 e. The molecule has 0 radical (unpaired) electrons. The summed E-state index contributed by atoms with van der Waals surface area (Å²) in [6.07, 6.45) is -1.48. The van der Waals surface area contributed by atoms with Gasteiger partial charge in [0, 0.05) is 25.4 Å². The fraction of sp³-hybridized carbons (Fsp3) is 0.800. The van der Waals surface area contributed by atoms with Crippen molar-refractivity contribution < 1.29 is 37.1 Å². The van der Waals surface area contributed by atoms with E-state index in [1.165, 1.54) is 0 Å². The minimum atomic E-state index is -4.99. The van der Waals surface area contributed by atoms with Gasteiger partial charge in [-0.1, -0.05) is 6.42 Å². The SMILES string of the molecule is BC(B)(B)CCC(=O)N1CC2(CC2)C[C@H]1C(=O)N[C@@H](C[C@@H]1CCNC1=O)C(=O)COC(F)(F)F. The summed E-state index contributed by atoms with van der Waals surface area (Å²) < 4.78 is 41.1. The molecule has 2 N–H and O–H groups in total. The summed E-state index contributed by atoms with van der Waals surface area (Å²) in [6, 6.07) is -2.10. The molecule has 1 spiro atoms. The summed E-state index contributed by atoms with van der Waals surface area (Å²) in [4.78, 5) is 52.3. The van der Waals surface area contributed by atoms with Gasteiger partial charge in [-0.25, -0.2) is 0 Å². The van der Waals surface area contributed by atoms with Gasteiger partial charge in [-0.3, -0.25) is 23.9 Å². The van der Waals surface area contributed by atoms with Crippen LogP contribution in [-0.4, -0.2) is 90.1 Å². The Bertz CT molecular complexity index is 832. The van der Waals surface area contributed by atoms with Crippen LogP contribution in [0.25, 0.3) is 0 Å². The van der Waals surface area contributed by atoms with Gasteiger partial charge in [0.05, 0.1) is 29.6 Å². The zero-order valence-electron chi connectivity index (χ0n) is 19.9. The van der Waals surface area contributed by atoms with Gasteiger partial charge in [-0.2, -0.15) is 0 Å². The quantitative estimate of drug-likeness (QED) is 0.359. The second-order valence-electron chi connectivity index (χ2n) is 11.1. The molecule has 0 aromatic heterocycles. The molecule has 3 fully saturated rings. The fourth-order valence-corrected chi connectivity index (χ4v) is 4.66. The molecule has 3 amide bonds. The molecule has 34 heavy (non-hydrogen) atoms. The van der Waals surface area contributed by atoms with E-state index < -0.39 is 42.7 Å². The Morgan fingerprint density at radius 3 is 2.44 bits per heavy atom. The lowest BCUT2D eigenvalue weighted by molar-refractivity contribution is -0.321. The van der Waals surface area contributed by atoms with E-state index in [2.05, 4.69) is 15.4 Å². The molecule has 0 aromatic carbocycles. The number of halogens is 3. The zero-order chi connectivity index (χ0) is 25.3. The lowest BCUT2D eigenvalue weighted by Gasteiger charge is -2.28. The van der Waals surface area contributed by atoms with E-state index in [1.807, 2.05) is 23.5 Å². The Labute approximate surface area is 199 Å². The monoisotopic (exact) mass is 483 g/mol. The van der Waals surface area contributed by atoms with Crippen molar-refractivity contribution in [3.05, 3.63) is 0 Å². The maximum Gasteiger partial charge on any atom is 0.522 e. The summed E-state index contributed by atoms with van der Waals surface area (Å²) in [5.41, 5.74) is -0.0936. The van der Waals surface area contributed by atoms with Gasteiger partial charge in [0.15, 0.2) is 5.78 Å². The molecule has 2 saturated heterocycles. The second kappa shape index (κ2) is 9.95. The van der Waals surface area contributed by atoms with E-state index >= 15 is 0 Å². The lowest BCUT2D eigenvalue weighted by atomic mass is 9.41. The highest BCUT2D eigenvalue weighted by Gasteiger charge is 2.55. The van der Waals surface area contributed by atoms with Crippen molar-refractivity contribution in [2.75, 3.05) is 19.7 Å². The number of Topliss-reactive ketones (excluding diaryl/α,β-unsaturated/α-hetero) is 1. The number of nitrogens with zero attached hydrogens (tertiary/aromatic N) is 1. The Morgan fingerprint density at radius 2 is 1.91 bits per heavy atom. The van der Waals surface area contributed by atoms with Crippen molar-refractivity contribution in [1.29, 1.82) is 0 Å². The summed E-state index contributed by atoms with van der Waals surface area (Å²) in [6.45, 7) is -0.390. The van der Waals surface area contributed by atoms with E-state index in [0.29, 0.717) is 32.4 Å². The van der Waals surface area contributed by atoms with Gasteiger partial charge >= 0.3 is 6.36 Å². The Hall–Kier alpha value is -1.98. The number of nitrogens with one attached hydrogen (secondary N) is 2. The van der Waals surface area contributed by atoms with Crippen LogP contribution >= 0.6 is 0 Å². The van der Waals surface area contributed by atoms with Crippen LogP contribution in [0, 0.1) is 11.3 Å². The highest BCUT2D eigenvalue weighted by Crippen LogP contribution is 2.55. The smallest absolute Gasteiger partial charge is 0.356 e. The number of ketones is 1. The zero-order valence-corrected chi connectivity index (χ0v) is 19.9. The largest absolute Gasteiger partial charge is 0.522 e. The van der Waals surface area contributed by atoms with E-state index in [0.717, 1.165) is 12.8 Å². The highest BCUT2D eigenvalue weighted by molar-refractivity contribution is 6.58. The summed E-state index contributed by atoms with van der Waals surface area (Å²) in [7, 11) is 6.07. The van der Waals surface area contributed by atoms with Crippen LogP contribution in [0.5, 0.6) is 0 Å². The van der Waals surface area contributed by atoms with Gasteiger partial charge in [0.25, 0.3) is 0 Å². The van der Waals surface area contributed by atoms with Crippen molar-refractivity contribution >= 4 is 47.0 Å². The average molecular weight is 483 g/mol. The summed E-state index contributed by atoms with van der Waals surface area (Å²) in [5, 5.41) is 5.12. The molecular weight excluding hydrogens is 452 g/mol. The van der Waals surface area contributed by atoms with Gasteiger partial charge in [0.2, 0.25) is 17.7 Å². The van der Waals surface area contributed by atoms with E-state index in [-0.39, 0.29) is 35.2 Å². The third-order valence-electron chi connectivity index (χ3n) is 6.94. The molecule has 3 atom stereocenters. The van der Waals surface area contributed by atoms with E-state index in [9.17, 15) is 32.3 Å². The maximum absolute atomic E-state index is 13.2. The van der Waals surface area contributed by atoms with Crippen LogP contribution < -0.4 is 10.6 Å². The van der Waals surface area contributed by atoms with E-state index in [1.54, 1.807) is 4.90 Å². The number of carbonyl (C=O) groups excluding carboxylic acids is 4. The van der Waals surface area contributed by atoms with Gasteiger partial charge in [-0.05, 0) is 37.5 Å². The van der Waals surface area contributed by atoms with Gasteiger partial charge < -0.3 is 15.5 Å². The number of ether oxygens (including phenoxy) is 1. The van der Waals surface area contributed by atoms with Crippen LogP contribution in [0.2, 0.25) is 5.11 Å². The normalized spacial score (nSPS) is 24.7. The van der Waals surface area contributed by atoms with Crippen LogP contribution in [0.1, 0.15) is 44.9 Å². The van der Waals surface area contributed by atoms with Crippen molar-refractivity contribution in [3.8, 4) is 0 Å². The number of hydrogen-bond acceptors (Lipinski definition) is 5. The van der Waals surface area contributed by atoms with E-state index in [4.69, 9.17) is 0 Å². The second-order valence-corrected chi connectivity index (χ2v) is 11.1. The molecule has 0 bridgehead atoms. The molecule has 1 aliphatic carbocycles. The first-order valence-electron chi connectivity index (χ1n) is 11.8. The number of amides is 3. The van der Waals surface area contributed by atoms with Crippen molar-refractivity contribution in [3.63, 3.8) is 0 Å². The number of carbonyl (C=O) groups is 4. The maximum atomic E-state index is 13.2. The molecule has 2 aliphatic heterocycles. The third-order valence-corrected chi connectivity index (χ3v) is 6.94. The predicted octanol–water partition coefficient (Wildman–Crippen LogP) is -1.76. The standard InChI is InChI=1S/C20H31B3F3N3O5/c21-19(22,23)3-1-15(31)29-10-18(4-5-18)8-13(29)17(33)28-12(7-11-2-6-27-16(11)32)14(30)9-34-20(24,25)26/h11-13H,1-10,21-23H2,(H,27,32)(H,28,33)/t11-,12-,13-/m0/s1. The molecule has 14 heteroatoms. The van der Waals surface area contributed by atoms with Crippen LogP contribution in [0.4, 0.5) is 13.2 Å². The Balaban J connectivity index is 1.70. The molecular formula is C20H31B3F3N3O5. The number of likely N-dealkylation sites (tertiary alicyclic amines) is 1. The van der Waals surface area contributed by atoms with Crippen LogP contribution in [-0.2, 0) is 23.9 Å². The van der Waals surface area contributed by atoms with Crippen molar-refractivity contribution in [2.45, 2.75) is 68.5 Å². The van der Waals surface area contributed by atoms with Gasteiger partial charge in [0.1, 0.15) is 12.6 Å². The molecule has 186 valence electrons. The molecule has 1 saturated carbocycles. The average Bonchev–Trinajstić information content (AvgIpc) is 3.18. The first-order valence-corrected chi connectivity index (χ1v) is 11.8. The number of hydrogen-bond donors (Lipinski definition) is 2. The summed E-state index contributed by atoms with van der Waals surface area (Å²) >= 11 is 0. The Kier molecular flexibility index (Phi) is 7.79. The number of alkyl halides is 3. The van der Waals surface area contributed by atoms with Crippen LogP contribution in [0.15, 0.2) is 0 Å².